The van der Waals surface area contributed by atoms with Crippen molar-refractivity contribution < 1.29 is 8.42 Å². The number of rotatable bonds is 6. The Kier molecular flexibility index (Phi) is 6.15. The van der Waals surface area contributed by atoms with E-state index in [0.717, 1.165) is 26.1 Å². The van der Waals surface area contributed by atoms with E-state index >= 15 is 0 Å². The van der Waals surface area contributed by atoms with Gasteiger partial charge >= 0.3 is 0 Å². The lowest BCUT2D eigenvalue weighted by molar-refractivity contribution is 0.466. The summed E-state index contributed by atoms with van der Waals surface area (Å²) in [7, 11) is -3.47. The quantitative estimate of drug-likeness (QED) is 0.414. The molecule has 36 heavy (non-hydrogen) atoms. The fraction of sp³-hybridized carbons (Fsp3) is 0.333. The van der Waals surface area contributed by atoms with Crippen LogP contribution in [-0.2, 0) is 15.7 Å². The van der Waals surface area contributed by atoms with Gasteiger partial charge in [0.05, 0.1) is 45.2 Å². The number of dihydropyridines is 1. The molecule has 2 aliphatic rings. The van der Waals surface area contributed by atoms with Gasteiger partial charge in [0.1, 0.15) is 5.69 Å². The van der Waals surface area contributed by atoms with Gasteiger partial charge in [0.25, 0.3) is 10.0 Å². The highest BCUT2D eigenvalue weighted by molar-refractivity contribution is 7.90. The molecule has 186 valence electrons. The van der Waals surface area contributed by atoms with E-state index in [1.165, 1.54) is 12.4 Å². The molecule has 0 saturated heterocycles. The lowest BCUT2D eigenvalue weighted by Crippen LogP contribution is -2.50. The molecule has 0 bridgehead atoms. The molecule has 0 aromatic carbocycles. The summed E-state index contributed by atoms with van der Waals surface area (Å²) in [6.07, 6.45) is 9.41. The van der Waals surface area contributed by atoms with Crippen LogP contribution in [0.4, 0.5) is 0 Å². The molecule has 12 heteroatoms. The van der Waals surface area contributed by atoms with Crippen molar-refractivity contribution in [2.24, 2.45) is 5.73 Å². The van der Waals surface area contributed by atoms with Crippen LogP contribution in [0.2, 0.25) is 0 Å². The van der Waals surface area contributed by atoms with Gasteiger partial charge in [0.2, 0.25) is 0 Å². The molecule has 3 aromatic rings. The summed E-state index contributed by atoms with van der Waals surface area (Å²) in [6.45, 7) is 6.01. The van der Waals surface area contributed by atoms with Crippen LogP contribution in [0.1, 0.15) is 43.1 Å². The molecule has 1 aliphatic heterocycles. The maximum absolute atomic E-state index is 12.5. The van der Waals surface area contributed by atoms with Crippen molar-refractivity contribution in [2.75, 3.05) is 0 Å². The molecule has 0 spiro atoms. The van der Waals surface area contributed by atoms with Gasteiger partial charge in [0.15, 0.2) is 11.5 Å². The summed E-state index contributed by atoms with van der Waals surface area (Å²) in [5, 5.41) is 13.2. The van der Waals surface area contributed by atoms with Crippen LogP contribution in [0.25, 0.3) is 11.4 Å². The second kappa shape index (κ2) is 9.16. The molecule has 1 fully saturated rings. The smallest absolute Gasteiger partial charge is 0.256 e. The van der Waals surface area contributed by atoms with Crippen molar-refractivity contribution in [2.45, 2.75) is 50.6 Å². The molecule has 0 amide bonds. The topological polar surface area (TPSA) is 141 Å². The molecular weight excluding hydrogens is 496 g/mol. The Morgan fingerprint density at radius 2 is 2.11 bits per heavy atom. The molecule has 4 heterocycles. The van der Waals surface area contributed by atoms with Crippen molar-refractivity contribution in [1.29, 1.82) is 0 Å². The van der Waals surface area contributed by atoms with E-state index in [9.17, 15) is 8.42 Å². The monoisotopic (exact) mass is 522 g/mol. The van der Waals surface area contributed by atoms with Gasteiger partial charge in [-0.15, -0.1) is 11.3 Å². The van der Waals surface area contributed by atoms with Gasteiger partial charge in [0, 0.05) is 23.8 Å². The summed E-state index contributed by atoms with van der Waals surface area (Å²) in [4.78, 5) is 13.3. The Morgan fingerprint density at radius 3 is 2.81 bits per heavy atom. The Hall–Kier alpha value is -3.53. The van der Waals surface area contributed by atoms with Gasteiger partial charge in [-0.3, -0.25) is 0 Å². The Balaban J connectivity index is 1.45. The molecule has 4 N–H and O–H groups in total. The molecule has 1 atom stereocenters. The lowest BCUT2D eigenvalue weighted by atomic mass is 9.98. The molecule has 10 nitrogen and oxygen atoms in total. The molecule has 0 radical (unpaired) electrons. The Labute approximate surface area is 213 Å². The van der Waals surface area contributed by atoms with E-state index in [2.05, 4.69) is 42.5 Å². The third-order valence-electron chi connectivity index (χ3n) is 5.61. The molecule has 1 unspecified atom stereocenters. The average Bonchev–Trinajstić information content (AvgIpc) is 3.44. The predicted molar refractivity (Wildman–Crippen MR) is 138 cm³/mol. The number of nitrogens with zero attached hydrogens (tertiary/aromatic N) is 5. The van der Waals surface area contributed by atoms with E-state index in [1.807, 2.05) is 32.2 Å². The summed E-state index contributed by atoms with van der Waals surface area (Å²) in [5.74, 6) is 6.60. The van der Waals surface area contributed by atoms with Gasteiger partial charge < -0.3 is 16.4 Å². The van der Waals surface area contributed by atoms with Crippen molar-refractivity contribution in [3.63, 3.8) is 0 Å². The molecule has 1 saturated carbocycles. The summed E-state index contributed by atoms with van der Waals surface area (Å²) >= 11 is 1.55. The number of hydrogen-bond donors (Lipinski definition) is 3. The van der Waals surface area contributed by atoms with Crippen LogP contribution in [0.5, 0.6) is 0 Å². The third-order valence-corrected chi connectivity index (χ3v) is 8.42. The normalized spacial score (nSPS) is 19.7. The van der Waals surface area contributed by atoms with E-state index < -0.39 is 15.7 Å². The molecule has 1 aliphatic carbocycles. The number of allylic oxidation sites excluding steroid dienone is 1. The highest BCUT2D eigenvalue weighted by Crippen LogP contribution is 2.30. The number of thiazole rings is 1. The minimum Gasteiger partial charge on any atom is -0.382 e. The first-order valence-electron chi connectivity index (χ1n) is 11.5. The fourth-order valence-electron chi connectivity index (χ4n) is 3.66. The maximum atomic E-state index is 12.5. The second-order valence-corrected chi connectivity index (χ2v) is 12.2. The standard InChI is InChI=1S/C24H26N8O2S2/c1-15(2)29-21-10-24(25,27-11-17(21)4-5-19-14-35-16(3)30-19)22-8-9-26-23(31-22)18-12-28-32(13-18)36(33,34)20-6-7-20/h8-15,20,27,29H,6-7,25H2,1-3H3. The highest BCUT2D eigenvalue weighted by atomic mass is 32.2. The van der Waals surface area contributed by atoms with Crippen LogP contribution in [-0.4, -0.2) is 43.8 Å². The number of aromatic nitrogens is 5. The van der Waals surface area contributed by atoms with Crippen LogP contribution in [0, 0.1) is 18.8 Å². The SMILES string of the molecule is Cc1nc(C#CC2=CNC(N)(c3ccnc(-c4cnn(S(=O)(=O)C5CC5)c4)n3)C=C2NC(C)C)cs1. The molecule has 3 aromatic heterocycles. The first-order valence-corrected chi connectivity index (χ1v) is 13.9. The summed E-state index contributed by atoms with van der Waals surface area (Å²) in [5.41, 5.74) is 8.84. The van der Waals surface area contributed by atoms with Crippen LogP contribution >= 0.6 is 11.3 Å². The second-order valence-electron chi connectivity index (χ2n) is 9.04. The van der Waals surface area contributed by atoms with Crippen molar-refractivity contribution in [3.05, 3.63) is 70.0 Å². The zero-order valence-corrected chi connectivity index (χ0v) is 21.7. The Morgan fingerprint density at radius 1 is 1.31 bits per heavy atom. The van der Waals surface area contributed by atoms with Crippen LogP contribution in [0.15, 0.2) is 53.6 Å². The summed E-state index contributed by atoms with van der Waals surface area (Å²) < 4.78 is 26.0. The van der Waals surface area contributed by atoms with E-state index in [1.54, 1.807) is 29.8 Å². The van der Waals surface area contributed by atoms with E-state index in [4.69, 9.17) is 5.73 Å². The predicted octanol–water partition coefficient (Wildman–Crippen LogP) is 1.98. The number of nitrogens with one attached hydrogen (secondary N) is 2. The number of nitrogens with two attached hydrogens (primary N) is 1. The first-order chi connectivity index (χ1) is 17.1. The number of hydrogen-bond acceptors (Lipinski definition) is 10. The Bertz CT molecular complexity index is 1540. The average molecular weight is 523 g/mol. The fourth-order valence-corrected chi connectivity index (χ4v) is 5.68. The number of aryl methyl sites for hydroxylation is 1. The third kappa shape index (κ3) is 4.90. The highest BCUT2D eigenvalue weighted by Gasteiger charge is 2.38. The van der Waals surface area contributed by atoms with E-state index in [0.29, 0.717) is 29.9 Å². The van der Waals surface area contributed by atoms with Gasteiger partial charge in [-0.2, -0.15) is 9.19 Å². The lowest BCUT2D eigenvalue weighted by Gasteiger charge is -2.32. The van der Waals surface area contributed by atoms with Crippen molar-refractivity contribution >= 4 is 21.4 Å². The zero-order valence-electron chi connectivity index (χ0n) is 20.1. The minimum absolute atomic E-state index is 0.144. The van der Waals surface area contributed by atoms with Gasteiger partial charge in [-0.1, -0.05) is 5.92 Å². The zero-order chi connectivity index (χ0) is 25.5. The van der Waals surface area contributed by atoms with Crippen molar-refractivity contribution in [3.8, 4) is 23.2 Å². The molecular formula is C24H26N8O2S2. The maximum Gasteiger partial charge on any atom is 0.256 e. The minimum atomic E-state index is -3.47. The first kappa shape index (κ1) is 24.2. The summed E-state index contributed by atoms with van der Waals surface area (Å²) in [6, 6.07) is 1.86. The van der Waals surface area contributed by atoms with Crippen LogP contribution < -0.4 is 16.4 Å². The van der Waals surface area contributed by atoms with E-state index in [-0.39, 0.29) is 11.3 Å². The van der Waals surface area contributed by atoms with Crippen LogP contribution in [0.3, 0.4) is 0 Å². The van der Waals surface area contributed by atoms with Gasteiger partial charge in [-0.05, 0) is 51.7 Å². The van der Waals surface area contributed by atoms with Gasteiger partial charge in [-0.25, -0.2) is 23.4 Å². The van der Waals surface area contributed by atoms with Crippen molar-refractivity contribution in [1.82, 2.24) is 34.8 Å². The largest absolute Gasteiger partial charge is 0.382 e. The molecule has 5 rings (SSSR count).